The molecule has 0 aliphatic heterocycles. The fourth-order valence-electron chi connectivity index (χ4n) is 1.48. The molecule has 2 aromatic rings. The van der Waals surface area contributed by atoms with Gasteiger partial charge in [0.1, 0.15) is 10.8 Å². The molecule has 3 N–H and O–H groups in total. The Morgan fingerprint density at radius 1 is 1.47 bits per heavy atom. The average Bonchev–Trinajstić information content (AvgIpc) is 2.85. The number of aromatic nitrogens is 4. The number of anilines is 1. The molecule has 2 heterocycles. The van der Waals surface area contributed by atoms with Crippen molar-refractivity contribution < 1.29 is 0 Å². The van der Waals surface area contributed by atoms with Crippen molar-refractivity contribution in [1.29, 1.82) is 0 Å². The molecule has 0 fully saturated rings. The number of hydrogen-bond acceptors (Lipinski definition) is 4. The maximum absolute atomic E-state index is 11.3. The van der Waals surface area contributed by atoms with Gasteiger partial charge in [0.2, 0.25) is 0 Å². The summed E-state index contributed by atoms with van der Waals surface area (Å²) in [6.07, 6.45) is 5.52. The van der Waals surface area contributed by atoms with Crippen molar-refractivity contribution in [2.24, 2.45) is 0 Å². The van der Waals surface area contributed by atoms with E-state index in [1.165, 1.54) is 6.33 Å². The van der Waals surface area contributed by atoms with Gasteiger partial charge >= 0.3 is 0 Å². The van der Waals surface area contributed by atoms with Crippen LogP contribution in [-0.4, -0.2) is 19.9 Å². The van der Waals surface area contributed by atoms with Crippen molar-refractivity contribution in [3.63, 3.8) is 0 Å². The second-order valence-corrected chi connectivity index (χ2v) is 3.85. The molecule has 2 aromatic heterocycles. The lowest BCUT2D eigenvalue weighted by Gasteiger charge is -2.15. The average molecular weight is 254 g/mol. The van der Waals surface area contributed by atoms with E-state index >= 15 is 0 Å². The largest absolute Gasteiger partial charge is 0.359 e. The Hall–Kier alpha value is -1.82. The smallest absolute Gasteiger partial charge is 0.271 e. The van der Waals surface area contributed by atoms with Gasteiger partial charge in [-0.05, 0) is 6.42 Å². The molecule has 1 atom stereocenters. The minimum Gasteiger partial charge on any atom is -0.359 e. The Labute approximate surface area is 102 Å². The Balaban J connectivity index is 2.25. The van der Waals surface area contributed by atoms with Crippen molar-refractivity contribution in [1.82, 2.24) is 19.9 Å². The molecule has 1 unspecified atom stereocenters. The second kappa shape index (κ2) is 5.01. The standard InChI is InChI=1S/C10H12ClN5O/c1-2-6(8-12-3-4-13-8)16-9-7(11)10(17)15-5-14-9/h3-6H,2H2,1H3,(H,12,13)(H2,14,15,16,17). The quantitative estimate of drug-likeness (QED) is 0.774. The van der Waals surface area contributed by atoms with Crippen LogP contribution in [0.4, 0.5) is 5.82 Å². The van der Waals surface area contributed by atoms with Gasteiger partial charge in [-0.25, -0.2) is 9.97 Å². The van der Waals surface area contributed by atoms with Crippen LogP contribution in [0, 0.1) is 0 Å². The van der Waals surface area contributed by atoms with Gasteiger partial charge in [-0.1, -0.05) is 18.5 Å². The number of rotatable bonds is 4. The number of H-pyrrole nitrogens is 2. The molecule has 0 aliphatic carbocycles. The summed E-state index contributed by atoms with van der Waals surface area (Å²) in [6.45, 7) is 2.00. The van der Waals surface area contributed by atoms with Crippen molar-refractivity contribution >= 4 is 17.4 Å². The Morgan fingerprint density at radius 2 is 2.29 bits per heavy atom. The SMILES string of the molecule is CCC(Nc1nc[nH]c(=O)c1Cl)c1ncc[nH]1. The summed E-state index contributed by atoms with van der Waals surface area (Å²) in [5.41, 5.74) is -0.363. The highest BCUT2D eigenvalue weighted by atomic mass is 35.5. The summed E-state index contributed by atoms with van der Waals surface area (Å²) in [5, 5.41) is 3.14. The van der Waals surface area contributed by atoms with Gasteiger partial charge in [0.15, 0.2) is 5.82 Å². The van der Waals surface area contributed by atoms with E-state index in [2.05, 4.69) is 25.3 Å². The summed E-state index contributed by atoms with van der Waals surface area (Å²) in [5.74, 6) is 1.14. The van der Waals surface area contributed by atoms with E-state index in [1.54, 1.807) is 12.4 Å². The fraction of sp³-hybridized carbons (Fsp3) is 0.300. The van der Waals surface area contributed by atoms with E-state index in [-0.39, 0.29) is 16.6 Å². The Morgan fingerprint density at radius 3 is 2.94 bits per heavy atom. The Bertz CT molecular complexity index is 536. The minimum absolute atomic E-state index is 0.0532. The number of hydrogen-bond donors (Lipinski definition) is 3. The van der Waals surface area contributed by atoms with Crippen LogP contribution in [0.15, 0.2) is 23.5 Å². The molecule has 0 radical (unpaired) electrons. The minimum atomic E-state index is -0.363. The van der Waals surface area contributed by atoms with Gasteiger partial charge in [0.05, 0.1) is 12.4 Å². The van der Waals surface area contributed by atoms with Crippen LogP contribution in [0.25, 0.3) is 0 Å². The molecule has 17 heavy (non-hydrogen) atoms. The van der Waals surface area contributed by atoms with Crippen LogP contribution < -0.4 is 10.9 Å². The van der Waals surface area contributed by atoms with Crippen molar-refractivity contribution in [2.45, 2.75) is 19.4 Å². The monoisotopic (exact) mass is 253 g/mol. The van der Waals surface area contributed by atoms with E-state index < -0.39 is 0 Å². The second-order valence-electron chi connectivity index (χ2n) is 3.47. The number of halogens is 1. The zero-order valence-corrected chi connectivity index (χ0v) is 9.95. The van der Waals surface area contributed by atoms with E-state index in [4.69, 9.17) is 11.6 Å². The van der Waals surface area contributed by atoms with Crippen molar-refractivity contribution in [3.05, 3.63) is 39.9 Å². The lowest BCUT2D eigenvalue weighted by molar-refractivity contribution is 0.699. The van der Waals surface area contributed by atoms with Gasteiger partial charge in [-0.15, -0.1) is 0 Å². The first-order chi connectivity index (χ1) is 8.22. The molecule has 7 heteroatoms. The number of nitrogens with one attached hydrogen (secondary N) is 3. The van der Waals surface area contributed by atoms with Crippen LogP contribution in [0.5, 0.6) is 0 Å². The van der Waals surface area contributed by atoms with Crippen LogP contribution in [-0.2, 0) is 0 Å². The molecular weight excluding hydrogens is 242 g/mol. The predicted molar refractivity (Wildman–Crippen MR) is 65.1 cm³/mol. The molecular formula is C10H12ClN5O. The van der Waals surface area contributed by atoms with Crippen LogP contribution in [0.1, 0.15) is 25.2 Å². The molecule has 6 nitrogen and oxygen atoms in total. The number of aromatic amines is 2. The molecule has 2 rings (SSSR count). The lowest BCUT2D eigenvalue weighted by Crippen LogP contribution is -2.16. The van der Waals surface area contributed by atoms with E-state index in [0.717, 1.165) is 12.2 Å². The molecule has 0 aliphatic rings. The zero-order valence-electron chi connectivity index (χ0n) is 9.20. The van der Waals surface area contributed by atoms with Crippen LogP contribution in [0.2, 0.25) is 5.02 Å². The molecule has 90 valence electrons. The maximum atomic E-state index is 11.3. The highest BCUT2D eigenvalue weighted by Gasteiger charge is 2.14. The number of nitrogens with zero attached hydrogens (tertiary/aromatic N) is 2. The third-order valence-corrected chi connectivity index (χ3v) is 2.72. The zero-order chi connectivity index (χ0) is 12.3. The molecule has 0 aromatic carbocycles. The van der Waals surface area contributed by atoms with Gasteiger partial charge < -0.3 is 15.3 Å². The van der Waals surface area contributed by atoms with Crippen molar-refractivity contribution in [2.75, 3.05) is 5.32 Å². The van der Waals surface area contributed by atoms with Crippen LogP contribution >= 0.6 is 11.6 Å². The Kier molecular flexibility index (Phi) is 3.43. The highest BCUT2D eigenvalue weighted by Crippen LogP contribution is 2.21. The number of imidazole rings is 1. The van der Waals surface area contributed by atoms with Gasteiger partial charge in [-0.2, -0.15) is 0 Å². The third kappa shape index (κ3) is 2.47. The van der Waals surface area contributed by atoms with E-state index in [0.29, 0.717) is 5.82 Å². The van der Waals surface area contributed by atoms with Crippen molar-refractivity contribution in [3.8, 4) is 0 Å². The highest BCUT2D eigenvalue weighted by molar-refractivity contribution is 6.32. The molecule has 0 amide bonds. The first kappa shape index (κ1) is 11.7. The summed E-state index contributed by atoms with van der Waals surface area (Å²) >= 11 is 5.86. The van der Waals surface area contributed by atoms with Gasteiger partial charge in [0.25, 0.3) is 5.56 Å². The lowest BCUT2D eigenvalue weighted by atomic mass is 10.2. The van der Waals surface area contributed by atoms with E-state index in [9.17, 15) is 4.79 Å². The normalized spacial score (nSPS) is 12.4. The van der Waals surface area contributed by atoms with Gasteiger partial charge in [-0.3, -0.25) is 4.79 Å². The predicted octanol–water partition coefficient (Wildman–Crippen LogP) is 1.71. The van der Waals surface area contributed by atoms with Crippen LogP contribution in [0.3, 0.4) is 0 Å². The maximum Gasteiger partial charge on any atom is 0.271 e. The fourth-order valence-corrected chi connectivity index (χ4v) is 1.64. The summed E-state index contributed by atoms with van der Waals surface area (Å²) in [7, 11) is 0. The van der Waals surface area contributed by atoms with Gasteiger partial charge in [0, 0.05) is 12.4 Å². The molecule has 0 bridgehead atoms. The third-order valence-electron chi connectivity index (χ3n) is 2.37. The summed E-state index contributed by atoms with van der Waals surface area (Å²) < 4.78 is 0. The molecule has 0 saturated carbocycles. The first-order valence-corrected chi connectivity index (χ1v) is 5.59. The first-order valence-electron chi connectivity index (χ1n) is 5.21. The molecule has 0 saturated heterocycles. The summed E-state index contributed by atoms with van der Waals surface area (Å²) in [6, 6.07) is -0.0585. The summed E-state index contributed by atoms with van der Waals surface area (Å²) in [4.78, 5) is 24.9. The molecule has 0 spiro atoms. The topological polar surface area (TPSA) is 86.5 Å². The van der Waals surface area contributed by atoms with E-state index in [1.807, 2.05) is 6.92 Å².